The number of nitro groups is 1. The van der Waals surface area contributed by atoms with Gasteiger partial charge in [-0.3, -0.25) is 10.1 Å². The van der Waals surface area contributed by atoms with Crippen molar-refractivity contribution in [2.75, 3.05) is 19.0 Å². The van der Waals surface area contributed by atoms with Crippen molar-refractivity contribution in [3.63, 3.8) is 0 Å². The molecular formula is C15H20N4O2. The van der Waals surface area contributed by atoms with E-state index < -0.39 is 4.92 Å². The number of anilines is 1. The first-order chi connectivity index (χ1) is 10.1. The lowest BCUT2D eigenvalue weighted by Gasteiger charge is -2.35. The molecule has 0 aliphatic heterocycles. The smallest absolute Gasteiger partial charge is 0.289 e. The molecule has 0 aromatic heterocycles. The van der Waals surface area contributed by atoms with Gasteiger partial charge in [-0.1, -0.05) is 0 Å². The van der Waals surface area contributed by atoms with E-state index in [1.54, 1.807) is 6.07 Å². The van der Waals surface area contributed by atoms with E-state index in [9.17, 15) is 10.1 Å². The third-order valence-electron chi connectivity index (χ3n) is 4.36. The summed E-state index contributed by atoms with van der Waals surface area (Å²) in [4.78, 5) is 12.6. The van der Waals surface area contributed by atoms with Gasteiger partial charge >= 0.3 is 0 Å². The molecule has 0 heterocycles. The van der Waals surface area contributed by atoms with Crippen molar-refractivity contribution in [2.24, 2.45) is 0 Å². The zero-order chi connectivity index (χ0) is 15.4. The summed E-state index contributed by atoms with van der Waals surface area (Å²) in [5.41, 5.74) is 0.787. The second-order valence-electron chi connectivity index (χ2n) is 5.48. The summed E-state index contributed by atoms with van der Waals surface area (Å²) in [6.07, 6.45) is 4.36. The minimum absolute atomic E-state index is 0.107. The quantitative estimate of drug-likeness (QED) is 0.679. The van der Waals surface area contributed by atoms with Gasteiger partial charge in [0.25, 0.3) is 5.69 Å². The molecule has 112 valence electrons. The van der Waals surface area contributed by atoms with Gasteiger partial charge in [-0.15, -0.1) is 0 Å². The zero-order valence-corrected chi connectivity index (χ0v) is 12.4. The Morgan fingerprint density at radius 2 is 2.05 bits per heavy atom. The number of hydrogen-bond donors (Lipinski definition) is 1. The number of rotatable bonds is 4. The van der Waals surface area contributed by atoms with E-state index in [-0.39, 0.29) is 11.3 Å². The number of hydrogen-bond acceptors (Lipinski definition) is 5. The summed E-state index contributed by atoms with van der Waals surface area (Å²) >= 11 is 0. The average molecular weight is 288 g/mol. The molecule has 1 aromatic carbocycles. The lowest BCUT2D eigenvalue weighted by molar-refractivity contribution is -0.385. The van der Waals surface area contributed by atoms with Crippen LogP contribution in [0.15, 0.2) is 18.2 Å². The molecule has 1 aromatic rings. The van der Waals surface area contributed by atoms with Crippen LogP contribution in [0.3, 0.4) is 0 Å². The Morgan fingerprint density at radius 1 is 1.38 bits per heavy atom. The fourth-order valence-electron chi connectivity index (χ4n) is 2.95. The van der Waals surface area contributed by atoms with Crippen molar-refractivity contribution < 1.29 is 4.92 Å². The number of benzene rings is 1. The lowest BCUT2D eigenvalue weighted by atomic mass is 9.90. The lowest BCUT2D eigenvalue weighted by Crippen LogP contribution is -2.39. The molecule has 0 amide bonds. The van der Waals surface area contributed by atoms with Crippen LogP contribution < -0.4 is 10.2 Å². The predicted octanol–water partition coefficient (Wildman–Crippen LogP) is 2.43. The van der Waals surface area contributed by atoms with Crippen LogP contribution in [0, 0.1) is 21.4 Å². The molecule has 2 rings (SSSR count). The molecule has 21 heavy (non-hydrogen) atoms. The molecule has 0 unspecified atom stereocenters. The number of nitrogens with zero attached hydrogens (tertiary/aromatic N) is 3. The fraction of sp³-hybridized carbons (Fsp3) is 0.533. The summed E-state index contributed by atoms with van der Waals surface area (Å²) in [6, 6.07) is 7.65. The van der Waals surface area contributed by atoms with Gasteiger partial charge in [0.15, 0.2) is 0 Å². The van der Waals surface area contributed by atoms with Crippen molar-refractivity contribution in [1.29, 1.82) is 5.26 Å². The second-order valence-corrected chi connectivity index (χ2v) is 5.48. The standard InChI is InChI=1S/C15H20N4O2/c1-17-12-4-7-13(8-5-12)18(2)14-6-3-11(10-16)15(9-14)19(20)21/h3,6,9,12-13,17H,4-5,7-8H2,1-2H3. The van der Waals surface area contributed by atoms with E-state index in [0.29, 0.717) is 12.1 Å². The molecule has 1 aliphatic carbocycles. The van der Waals surface area contributed by atoms with Crippen LogP contribution in [0.4, 0.5) is 11.4 Å². The number of nitrogens with one attached hydrogen (secondary N) is 1. The molecule has 0 bridgehead atoms. The summed E-state index contributed by atoms with van der Waals surface area (Å²) < 4.78 is 0. The van der Waals surface area contributed by atoms with Crippen LogP contribution in [0.5, 0.6) is 0 Å². The molecule has 6 nitrogen and oxygen atoms in total. The van der Waals surface area contributed by atoms with Crippen LogP contribution in [0.2, 0.25) is 0 Å². The third-order valence-corrected chi connectivity index (χ3v) is 4.36. The van der Waals surface area contributed by atoms with Crippen molar-refractivity contribution in [3.05, 3.63) is 33.9 Å². The Hall–Kier alpha value is -2.13. The van der Waals surface area contributed by atoms with Crippen molar-refractivity contribution in [2.45, 2.75) is 37.8 Å². The van der Waals surface area contributed by atoms with Crippen LogP contribution in [0.25, 0.3) is 0 Å². The molecular weight excluding hydrogens is 268 g/mol. The molecule has 0 atom stereocenters. The maximum absolute atomic E-state index is 11.0. The highest BCUT2D eigenvalue weighted by Crippen LogP contribution is 2.30. The fourth-order valence-corrected chi connectivity index (χ4v) is 2.95. The largest absolute Gasteiger partial charge is 0.371 e. The SMILES string of the molecule is CNC1CCC(N(C)c2ccc(C#N)c([N+](=O)[O-])c2)CC1. The molecule has 0 radical (unpaired) electrons. The Morgan fingerprint density at radius 3 is 2.57 bits per heavy atom. The van der Waals surface area contributed by atoms with Crippen molar-refractivity contribution >= 4 is 11.4 Å². The average Bonchev–Trinajstić information content (AvgIpc) is 2.53. The molecule has 1 aliphatic rings. The molecule has 0 saturated heterocycles. The van der Waals surface area contributed by atoms with E-state index in [4.69, 9.17) is 5.26 Å². The first-order valence-electron chi connectivity index (χ1n) is 7.15. The maximum atomic E-state index is 11.0. The van der Waals surface area contributed by atoms with Gasteiger partial charge in [-0.05, 0) is 44.9 Å². The van der Waals surface area contributed by atoms with E-state index in [2.05, 4.69) is 10.2 Å². The second kappa shape index (κ2) is 6.55. The van der Waals surface area contributed by atoms with Crippen LogP contribution >= 0.6 is 0 Å². The first kappa shape index (κ1) is 15.3. The summed E-state index contributed by atoms with van der Waals surface area (Å²) in [6.45, 7) is 0. The summed E-state index contributed by atoms with van der Waals surface area (Å²) in [7, 11) is 3.95. The minimum Gasteiger partial charge on any atom is -0.371 e. The monoisotopic (exact) mass is 288 g/mol. The van der Waals surface area contributed by atoms with Crippen LogP contribution in [-0.4, -0.2) is 31.1 Å². The molecule has 0 spiro atoms. The molecule has 1 N–H and O–H groups in total. The Bertz CT molecular complexity index is 559. The van der Waals surface area contributed by atoms with Gasteiger partial charge in [0.05, 0.1) is 4.92 Å². The highest BCUT2D eigenvalue weighted by atomic mass is 16.6. The molecule has 1 saturated carbocycles. The van der Waals surface area contributed by atoms with E-state index in [1.165, 1.54) is 12.1 Å². The first-order valence-corrected chi connectivity index (χ1v) is 7.15. The van der Waals surface area contributed by atoms with Crippen LogP contribution in [-0.2, 0) is 0 Å². The Balaban J connectivity index is 2.16. The molecule has 1 fully saturated rings. The Kier molecular flexibility index (Phi) is 4.76. The van der Waals surface area contributed by atoms with E-state index in [1.807, 2.05) is 20.2 Å². The number of nitro benzene ring substituents is 1. The van der Waals surface area contributed by atoms with Gasteiger partial charge in [0.2, 0.25) is 0 Å². The predicted molar refractivity (Wildman–Crippen MR) is 81.3 cm³/mol. The highest BCUT2D eigenvalue weighted by molar-refractivity contribution is 5.60. The summed E-state index contributed by atoms with van der Waals surface area (Å²) in [5, 5.41) is 23.3. The van der Waals surface area contributed by atoms with Crippen LogP contribution in [0.1, 0.15) is 31.2 Å². The van der Waals surface area contributed by atoms with Gasteiger partial charge < -0.3 is 10.2 Å². The van der Waals surface area contributed by atoms with Gasteiger partial charge in [-0.2, -0.15) is 5.26 Å². The summed E-state index contributed by atoms with van der Waals surface area (Å²) in [5.74, 6) is 0. The number of nitriles is 1. The van der Waals surface area contributed by atoms with Gasteiger partial charge in [-0.25, -0.2) is 0 Å². The zero-order valence-electron chi connectivity index (χ0n) is 12.4. The third kappa shape index (κ3) is 3.31. The van der Waals surface area contributed by atoms with E-state index >= 15 is 0 Å². The Labute approximate surface area is 124 Å². The van der Waals surface area contributed by atoms with Crippen molar-refractivity contribution in [3.8, 4) is 6.07 Å². The molecule has 6 heteroatoms. The minimum atomic E-state index is -0.492. The normalized spacial score (nSPS) is 21.6. The van der Waals surface area contributed by atoms with Gasteiger partial charge in [0.1, 0.15) is 11.6 Å². The van der Waals surface area contributed by atoms with Gasteiger partial charge in [0, 0.05) is 30.9 Å². The van der Waals surface area contributed by atoms with E-state index in [0.717, 1.165) is 31.4 Å². The van der Waals surface area contributed by atoms with Crippen molar-refractivity contribution in [1.82, 2.24) is 5.32 Å². The topological polar surface area (TPSA) is 82.2 Å². The highest BCUT2D eigenvalue weighted by Gasteiger charge is 2.24. The maximum Gasteiger partial charge on any atom is 0.289 e.